The average Bonchev–Trinajstić information content (AvgIpc) is 3.35. The molecular formula is C23H27N3O4+2. The summed E-state index contributed by atoms with van der Waals surface area (Å²) in [5, 5.41) is 0. The number of hydrogen-bond donors (Lipinski definition) is 2. The highest BCUT2D eigenvalue weighted by Crippen LogP contribution is 2.32. The minimum absolute atomic E-state index is 0.0449. The molecule has 0 spiro atoms. The molecule has 3 aliphatic heterocycles. The number of benzene rings is 2. The summed E-state index contributed by atoms with van der Waals surface area (Å²) in [7, 11) is 0. The smallest absolute Gasteiger partial charge is 0.241 e. The highest BCUT2D eigenvalue weighted by atomic mass is 16.7. The third-order valence-corrected chi connectivity index (χ3v) is 6.38. The summed E-state index contributed by atoms with van der Waals surface area (Å²) < 4.78 is 10.9. The van der Waals surface area contributed by atoms with Gasteiger partial charge in [0.1, 0.15) is 32.7 Å². The lowest BCUT2D eigenvalue weighted by molar-refractivity contribution is -1.02. The molecule has 0 unspecified atom stereocenters. The zero-order chi connectivity index (χ0) is 20.5. The molecule has 1 atom stereocenters. The van der Waals surface area contributed by atoms with Gasteiger partial charge in [-0.2, -0.15) is 0 Å². The van der Waals surface area contributed by atoms with E-state index in [0.29, 0.717) is 13.5 Å². The largest absolute Gasteiger partial charge is 0.454 e. The maximum Gasteiger partial charge on any atom is 0.241 e. The molecule has 0 aromatic heterocycles. The van der Waals surface area contributed by atoms with E-state index >= 15 is 0 Å². The second kappa shape index (κ2) is 8.08. The van der Waals surface area contributed by atoms with E-state index in [1.54, 1.807) is 0 Å². The molecule has 2 saturated heterocycles. The van der Waals surface area contributed by atoms with E-state index in [0.717, 1.165) is 49.8 Å². The van der Waals surface area contributed by atoms with Crippen molar-refractivity contribution in [1.29, 1.82) is 0 Å². The first-order valence-corrected chi connectivity index (χ1v) is 10.6. The van der Waals surface area contributed by atoms with Gasteiger partial charge in [-0.25, -0.2) is 4.90 Å². The van der Waals surface area contributed by atoms with E-state index in [4.69, 9.17) is 9.47 Å². The average molecular weight is 409 g/mol. The molecule has 5 rings (SSSR count). The molecule has 2 amide bonds. The van der Waals surface area contributed by atoms with Gasteiger partial charge in [0.05, 0.1) is 5.92 Å². The Bertz CT molecular complexity index is 941. The van der Waals surface area contributed by atoms with Crippen LogP contribution in [0.25, 0.3) is 0 Å². The summed E-state index contributed by atoms with van der Waals surface area (Å²) in [5.41, 5.74) is 2.18. The Kier molecular flexibility index (Phi) is 5.14. The lowest BCUT2D eigenvalue weighted by Crippen LogP contribution is -3.28. The first-order chi connectivity index (χ1) is 14.7. The minimum Gasteiger partial charge on any atom is -0.454 e. The lowest BCUT2D eigenvalue weighted by atomic mass is 9.98. The fourth-order valence-corrected chi connectivity index (χ4v) is 4.65. The number of piperazine rings is 1. The van der Waals surface area contributed by atoms with Gasteiger partial charge in [-0.05, 0) is 23.8 Å². The number of imide groups is 1. The maximum atomic E-state index is 12.9. The lowest BCUT2D eigenvalue weighted by Gasteiger charge is -2.31. The third kappa shape index (κ3) is 3.78. The molecule has 0 saturated carbocycles. The zero-order valence-electron chi connectivity index (χ0n) is 16.9. The topological polar surface area (TPSA) is 64.7 Å². The molecule has 3 aliphatic rings. The van der Waals surface area contributed by atoms with Gasteiger partial charge in [0.15, 0.2) is 18.2 Å². The van der Waals surface area contributed by atoms with E-state index in [-0.39, 0.29) is 24.2 Å². The van der Waals surface area contributed by atoms with Crippen molar-refractivity contribution >= 4 is 11.8 Å². The van der Waals surface area contributed by atoms with E-state index in [1.165, 1.54) is 20.3 Å². The van der Waals surface area contributed by atoms with Crippen LogP contribution in [0.2, 0.25) is 0 Å². The number of rotatable bonds is 5. The monoisotopic (exact) mass is 409 g/mol. The van der Waals surface area contributed by atoms with Crippen molar-refractivity contribution < 1.29 is 28.9 Å². The van der Waals surface area contributed by atoms with Crippen molar-refractivity contribution in [3.05, 3.63) is 59.7 Å². The van der Waals surface area contributed by atoms with Crippen LogP contribution in [0.1, 0.15) is 23.5 Å². The van der Waals surface area contributed by atoms with Gasteiger partial charge in [0.25, 0.3) is 0 Å². The van der Waals surface area contributed by atoms with Crippen LogP contribution in [-0.2, 0) is 16.1 Å². The van der Waals surface area contributed by atoms with Gasteiger partial charge in [-0.15, -0.1) is 0 Å². The van der Waals surface area contributed by atoms with Crippen LogP contribution in [0.3, 0.4) is 0 Å². The molecule has 0 radical (unpaired) electrons. The van der Waals surface area contributed by atoms with Gasteiger partial charge in [-0.1, -0.05) is 30.3 Å². The summed E-state index contributed by atoms with van der Waals surface area (Å²) in [4.78, 5) is 29.7. The predicted molar refractivity (Wildman–Crippen MR) is 108 cm³/mol. The molecule has 7 nitrogen and oxygen atoms in total. The van der Waals surface area contributed by atoms with Gasteiger partial charge >= 0.3 is 0 Å². The molecule has 2 fully saturated rings. The van der Waals surface area contributed by atoms with Crippen molar-refractivity contribution in [2.45, 2.75) is 18.9 Å². The van der Waals surface area contributed by atoms with Crippen molar-refractivity contribution in [3.63, 3.8) is 0 Å². The molecule has 2 N–H and O–H groups in total. The Balaban J connectivity index is 1.15. The number of carbonyl (C=O) groups excluding carboxylic acids is 2. The fraction of sp³-hybridized carbons (Fsp3) is 0.391. The van der Waals surface area contributed by atoms with Gasteiger partial charge < -0.3 is 19.3 Å². The Morgan fingerprint density at radius 1 is 0.900 bits per heavy atom. The third-order valence-electron chi connectivity index (χ3n) is 6.38. The highest BCUT2D eigenvalue weighted by molar-refractivity contribution is 6.06. The van der Waals surface area contributed by atoms with Gasteiger partial charge in [0.2, 0.25) is 18.6 Å². The normalized spacial score (nSPS) is 25.7. The number of amides is 2. The molecule has 30 heavy (non-hydrogen) atoms. The molecule has 7 heteroatoms. The van der Waals surface area contributed by atoms with Crippen LogP contribution < -0.4 is 19.3 Å². The Morgan fingerprint density at radius 3 is 2.43 bits per heavy atom. The zero-order valence-corrected chi connectivity index (χ0v) is 16.9. The predicted octanol–water partition coefficient (Wildman–Crippen LogP) is -0.801. The van der Waals surface area contributed by atoms with Crippen molar-refractivity contribution in [1.82, 2.24) is 4.90 Å². The molecule has 0 aliphatic carbocycles. The van der Waals surface area contributed by atoms with Crippen LogP contribution in [-0.4, -0.2) is 56.4 Å². The van der Waals surface area contributed by atoms with E-state index in [2.05, 4.69) is 12.1 Å². The molecule has 2 aromatic carbocycles. The van der Waals surface area contributed by atoms with Crippen molar-refractivity contribution in [2.75, 3.05) is 39.6 Å². The summed E-state index contributed by atoms with van der Waals surface area (Å²) in [6.07, 6.45) is 0.289. The highest BCUT2D eigenvalue weighted by Gasteiger charge is 2.41. The molecule has 156 valence electrons. The van der Waals surface area contributed by atoms with Crippen LogP contribution in [0.4, 0.5) is 0 Å². The number of fused-ring (bicyclic) bond motifs is 1. The van der Waals surface area contributed by atoms with Crippen LogP contribution >= 0.6 is 0 Å². The SMILES string of the molecule is O=C1C[C@H](c2ccccc2)C(=O)N1C[NH+]1CC[NH+](Cc2ccc3c(c2)OCO3)CC1. The summed E-state index contributed by atoms with van der Waals surface area (Å²) in [5.74, 6) is 1.23. The van der Waals surface area contributed by atoms with Crippen LogP contribution in [0, 0.1) is 0 Å². The van der Waals surface area contributed by atoms with E-state index in [1.807, 2.05) is 36.4 Å². The number of carbonyl (C=O) groups is 2. The number of hydrogen-bond acceptors (Lipinski definition) is 4. The van der Waals surface area contributed by atoms with Gasteiger partial charge in [-0.3, -0.25) is 9.59 Å². The summed E-state index contributed by atoms with van der Waals surface area (Å²) in [6.45, 7) is 5.66. The van der Waals surface area contributed by atoms with Crippen molar-refractivity contribution in [3.8, 4) is 11.5 Å². The first-order valence-electron chi connectivity index (χ1n) is 10.6. The Labute approximate surface area is 175 Å². The number of likely N-dealkylation sites (tertiary alicyclic amines) is 1. The molecular weight excluding hydrogens is 382 g/mol. The minimum atomic E-state index is -0.323. The van der Waals surface area contributed by atoms with Crippen molar-refractivity contribution in [2.24, 2.45) is 0 Å². The first kappa shape index (κ1) is 19.1. The number of nitrogens with zero attached hydrogens (tertiary/aromatic N) is 1. The molecule has 2 aromatic rings. The van der Waals surface area contributed by atoms with Crippen LogP contribution in [0.5, 0.6) is 11.5 Å². The Hall–Kier alpha value is -2.90. The van der Waals surface area contributed by atoms with E-state index < -0.39 is 0 Å². The van der Waals surface area contributed by atoms with Gasteiger partial charge in [0, 0.05) is 12.0 Å². The summed E-state index contributed by atoms with van der Waals surface area (Å²) in [6, 6.07) is 15.8. The quantitative estimate of drug-likeness (QED) is 0.635. The second-order valence-electron chi connectivity index (χ2n) is 8.35. The number of ether oxygens (including phenoxy) is 2. The Morgan fingerprint density at radius 2 is 1.63 bits per heavy atom. The number of nitrogens with one attached hydrogen (secondary N) is 2. The summed E-state index contributed by atoms with van der Waals surface area (Å²) >= 11 is 0. The fourth-order valence-electron chi connectivity index (χ4n) is 4.65. The van der Waals surface area contributed by atoms with E-state index in [9.17, 15) is 9.59 Å². The maximum absolute atomic E-state index is 12.9. The molecule has 0 bridgehead atoms. The molecule has 3 heterocycles. The standard InChI is InChI=1S/C23H25N3O4/c27-22-13-19(18-4-2-1-3-5-18)23(28)26(22)15-25-10-8-24(9-11-25)14-17-6-7-20-21(12-17)30-16-29-20/h1-7,12,19H,8-11,13-16H2/p+2/t19-/m1/s1. The second-order valence-corrected chi connectivity index (χ2v) is 8.35. The van der Waals surface area contributed by atoms with Crippen LogP contribution in [0.15, 0.2) is 48.5 Å². The number of quaternary nitrogens is 2.